The molecule has 1 aromatic carbocycles. The molecule has 1 N–H and O–H groups in total. The molecule has 6 nitrogen and oxygen atoms in total. The van der Waals surface area contributed by atoms with E-state index in [4.69, 9.17) is 9.47 Å². The van der Waals surface area contributed by atoms with Crippen LogP contribution in [0.3, 0.4) is 0 Å². The van der Waals surface area contributed by atoms with Gasteiger partial charge in [0.25, 0.3) is 0 Å². The Morgan fingerprint density at radius 1 is 1.27 bits per heavy atom. The maximum absolute atomic E-state index is 12.7. The van der Waals surface area contributed by atoms with Gasteiger partial charge in [-0.3, -0.25) is 15.0 Å². The quantitative estimate of drug-likeness (QED) is 0.660. The van der Waals surface area contributed by atoms with Gasteiger partial charge in [-0.05, 0) is 33.3 Å². The van der Waals surface area contributed by atoms with E-state index >= 15 is 0 Å². The van der Waals surface area contributed by atoms with E-state index in [2.05, 4.69) is 5.32 Å². The third kappa shape index (κ3) is 4.64. The van der Waals surface area contributed by atoms with Crippen LogP contribution < -0.4 is 5.32 Å². The highest BCUT2D eigenvalue weighted by atomic mass is 16.6. The van der Waals surface area contributed by atoms with E-state index in [-0.39, 0.29) is 0 Å². The highest BCUT2D eigenvalue weighted by Crippen LogP contribution is 2.32. The van der Waals surface area contributed by atoms with E-state index in [1.54, 1.807) is 19.1 Å². The summed E-state index contributed by atoms with van der Waals surface area (Å²) in [6.07, 6.45) is 2.53. The Kier molecular flexibility index (Phi) is 6.08. The molecule has 142 valence electrons. The van der Waals surface area contributed by atoms with E-state index in [1.165, 1.54) is 12.0 Å². The summed E-state index contributed by atoms with van der Waals surface area (Å²) in [5, 5.41) is 3.33. The molecule has 0 aliphatic carbocycles. The zero-order valence-corrected chi connectivity index (χ0v) is 16.1. The van der Waals surface area contributed by atoms with Gasteiger partial charge < -0.3 is 9.47 Å². The molecule has 0 saturated carbocycles. The molecule has 6 heteroatoms. The largest absolute Gasteiger partial charge is 0.468 e. The first kappa shape index (κ1) is 20.0. The van der Waals surface area contributed by atoms with Crippen LogP contribution in [-0.2, 0) is 20.8 Å². The van der Waals surface area contributed by atoms with Crippen molar-refractivity contribution >= 4 is 12.1 Å². The van der Waals surface area contributed by atoms with E-state index in [0.717, 1.165) is 5.56 Å². The van der Waals surface area contributed by atoms with Crippen molar-refractivity contribution in [2.75, 3.05) is 13.7 Å². The van der Waals surface area contributed by atoms with Gasteiger partial charge in [0, 0.05) is 13.1 Å². The minimum atomic E-state index is -1.02. The molecular formula is C20H28N2O4. The Balaban J connectivity index is 2.28. The minimum absolute atomic E-state index is 0.355. The molecule has 0 saturated heterocycles. The summed E-state index contributed by atoms with van der Waals surface area (Å²) < 4.78 is 10.5. The third-order valence-corrected chi connectivity index (χ3v) is 4.24. The van der Waals surface area contributed by atoms with Crippen LogP contribution in [0.15, 0.2) is 42.5 Å². The highest BCUT2D eigenvalue weighted by molar-refractivity contribution is 5.81. The fraction of sp³-hybridized carbons (Fsp3) is 0.500. The minimum Gasteiger partial charge on any atom is -0.468 e. The number of benzene rings is 1. The van der Waals surface area contributed by atoms with Gasteiger partial charge in [0.1, 0.15) is 17.2 Å². The van der Waals surface area contributed by atoms with Crippen LogP contribution in [0.25, 0.3) is 0 Å². The number of nitrogens with one attached hydrogen (secondary N) is 1. The van der Waals surface area contributed by atoms with Gasteiger partial charge in [-0.25, -0.2) is 4.79 Å². The van der Waals surface area contributed by atoms with Gasteiger partial charge in [0.2, 0.25) is 0 Å². The normalized spacial score (nSPS) is 22.8. The molecule has 0 fully saturated rings. The second-order valence-corrected chi connectivity index (χ2v) is 7.58. The highest BCUT2D eigenvalue weighted by Gasteiger charge is 2.47. The Labute approximate surface area is 155 Å². The second-order valence-electron chi connectivity index (χ2n) is 7.58. The number of amides is 1. The molecule has 1 aliphatic rings. The number of methoxy groups -OCH3 is 1. The molecular weight excluding hydrogens is 332 g/mol. The zero-order valence-electron chi connectivity index (χ0n) is 16.1. The maximum Gasteiger partial charge on any atom is 0.411 e. The molecule has 1 aliphatic heterocycles. The van der Waals surface area contributed by atoms with Crippen LogP contribution >= 0.6 is 0 Å². The van der Waals surface area contributed by atoms with E-state index in [1.807, 2.05) is 51.1 Å². The molecule has 2 atom stereocenters. The standard InChI is InChI=1S/C20H28N2O4/c1-19(2,3)26-18(24)22-13-9-12-20(4,17(23)25-5)16(22)21-14-15-10-7-6-8-11-15/h6-12,16,21H,13-14H2,1-5H3. The zero-order chi connectivity index (χ0) is 19.4. The predicted molar refractivity (Wildman–Crippen MR) is 99.3 cm³/mol. The number of carbonyl (C=O) groups is 2. The van der Waals surface area contributed by atoms with Crippen molar-refractivity contribution in [3.05, 3.63) is 48.0 Å². The number of hydrogen-bond donors (Lipinski definition) is 1. The van der Waals surface area contributed by atoms with Crippen LogP contribution in [0.4, 0.5) is 4.79 Å². The first-order chi connectivity index (χ1) is 12.2. The van der Waals surface area contributed by atoms with Crippen molar-refractivity contribution < 1.29 is 19.1 Å². The van der Waals surface area contributed by atoms with Crippen molar-refractivity contribution in [3.63, 3.8) is 0 Å². The lowest BCUT2D eigenvalue weighted by Gasteiger charge is -2.43. The lowest BCUT2D eigenvalue weighted by Crippen LogP contribution is -2.61. The summed E-state index contributed by atoms with van der Waals surface area (Å²) >= 11 is 0. The molecule has 2 unspecified atom stereocenters. The van der Waals surface area contributed by atoms with Crippen LogP contribution in [0.5, 0.6) is 0 Å². The summed E-state index contributed by atoms with van der Waals surface area (Å²) in [6.45, 7) is 8.07. The van der Waals surface area contributed by atoms with Gasteiger partial charge in [-0.15, -0.1) is 0 Å². The third-order valence-electron chi connectivity index (χ3n) is 4.24. The average Bonchev–Trinajstić information content (AvgIpc) is 2.59. The molecule has 26 heavy (non-hydrogen) atoms. The van der Waals surface area contributed by atoms with Gasteiger partial charge in [0.05, 0.1) is 7.11 Å². The molecule has 1 heterocycles. The molecule has 0 aromatic heterocycles. The van der Waals surface area contributed by atoms with Crippen LogP contribution in [-0.4, -0.2) is 42.4 Å². The van der Waals surface area contributed by atoms with E-state index in [9.17, 15) is 9.59 Å². The van der Waals surface area contributed by atoms with Crippen molar-refractivity contribution in [2.24, 2.45) is 5.41 Å². The fourth-order valence-corrected chi connectivity index (χ4v) is 2.96. The Bertz CT molecular complexity index is 666. The van der Waals surface area contributed by atoms with Crippen molar-refractivity contribution in [1.82, 2.24) is 10.2 Å². The topological polar surface area (TPSA) is 67.9 Å². The second kappa shape index (κ2) is 7.91. The molecule has 1 aromatic rings. The van der Waals surface area contributed by atoms with Crippen LogP contribution in [0, 0.1) is 5.41 Å². The fourth-order valence-electron chi connectivity index (χ4n) is 2.96. The first-order valence-corrected chi connectivity index (χ1v) is 8.70. The number of rotatable bonds is 4. The van der Waals surface area contributed by atoms with Gasteiger partial charge >= 0.3 is 12.1 Å². The summed E-state index contributed by atoms with van der Waals surface area (Å²) in [5.41, 5.74) is -0.582. The Hall–Kier alpha value is -2.34. The van der Waals surface area contributed by atoms with Crippen molar-refractivity contribution in [3.8, 4) is 0 Å². The monoisotopic (exact) mass is 360 g/mol. The molecule has 0 bridgehead atoms. The number of esters is 1. The number of carbonyl (C=O) groups excluding carboxylic acids is 2. The first-order valence-electron chi connectivity index (χ1n) is 8.70. The number of hydrogen-bond acceptors (Lipinski definition) is 5. The lowest BCUT2D eigenvalue weighted by molar-refractivity contribution is -0.153. The molecule has 0 spiro atoms. The van der Waals surface area contributed by atoms with E-state index < -0.39 is 29.2 Å². The number of nitrogens with zero attached hydrogens (tertiary/aromatic N) is 1. The Morgan fingerprint density at radius 3 is 2.50 bits per heavy atom. The van der Waals surface area contributed by atoms with Gasteiger partial charge in [-0.2, -0.15) is 0 Å². The van der Waals surface area contributed by atoms with Gasteiger partial charge in [-0.1, -0.05) is 42.5 Å². The van der Waals surface area contributed by atoms with E-state index in [0.29, 0.717) is 13.1 Å². The van der Waals surface area contributed by atoms with Crippen LogP contribution in [0.1, 0.15) is 33.3 Å². The molecule has 1 amide bonds. The van der Waals surface area contributed by atoms with Crippen molar-refractivity contribution in [1.29, 1.82) is 0 Å². The summed E-state index contributed by atoms with van der Waals surface area (Å²) in [7, 11) is 1.35. The Morgan fingerprint density at radius 2 is 1.92 bits per heavy atom. The maximum atomic E-state index is 12.7. The van der Waals surface area contributed by atoms with Crippen molar-refractivity contribution in [2.45, 2.75) is 46.0 Å². The average molecular weight is 360 g/mol. The summed E-state index contributed by atoms with van der Waals surface area (Å²) in [6, 6.07) is 9.81. The molecule has 0 radical (unpaired) electrons. The molecule has 2 rings (SSSR count). The van der Waals surface area contributed by atoms with Crippen LogP contribution in [0.2, 0.25) is 0 Å². The summed E-state index contributed by atoms with van der Waals surface area (Å²) in [4.78, 5) is 26.7. The SMILES string of the molecule is COC(=O)C1(C)C=CCN(C(=O)OC(C)(C)C)C1NCc1ccccc1. The van der Waals surface area contributed by atoms with Gasteiger partial charge in [0.15, 0.2) is 0 Å². The predicted octanol–water partition coefficient (Wildman–Crippen LogP) is 3.09. The number of ether oxygens (including phenoxy) is 2. The smallest absolute Gasteiger partial charge is 0.411 e. The summed E-state index contributed by atoms with van der Waals surface area (Å²) in [5.74, 6) is -0.410. The lowest BCUT2D eigenvalue weighted by atomic mass is 9.83.